The third kappa shape index (κ3) is 4.96. The fraction of sp³-hybridized carbons (Fsp3) is 0.474. The second kappa shape index (κ2) is 9.29. The number of halogens is 2. The van der Waals surface area contributed by atoms with Gasteiger partial charge in [0.15, 0.2) is 0 Å². The molecule has 0 spiro atoms. The van der Waals surface area contributed by atoms with Crippen LogP contribution in [0.15, 0.2) is 17.5 Å². The number of benzene rings is 1. The summed E-state index contributed by atoms with van der Waals surface area (Å²) in [7, 11) is 0. The van der Waals surface area contributed by atoms with E-state index in [2.05, 4.69) is 10.3 Å². The monoisotopic (exact) mass is 411 g/mol. The zero-order chi connectivity index (χ0) is 20.1. The van der Waals surface area contributed by atoms with Crippen LogP contribution in [0.3, 0.4) is 0 Å². The Morgan fingerprint density at radius 1 is 1.36 bits per heavy atom. The van der Waals surface area contributed by atoms with E-state index in [1.165, 1.54) is 11.3 Å². The van der Waals surface area contributed by atoms with Crippen LogP contribution >= 0.6 is 11.3 Å². The molecule has 2 heterocycles. The van der Waals surface area contributed by atoms with Gasteiger partial charge in [-0.1, -0.05) is 6.92 Å². The number of nitrogens with one attached hydrogen (secondary N) is 1. The first-order valence-corrected chi connectivity index (χ1v) is 10.0. The summed E-state index contributed by atoms with van der Waals surface area (Å²) in [6, 6.07) is 2.19. The van der Waals surface area contributed by atoms with E-state index < -0.39 is 24.3 Å². The highest BCUT2D eigenvalue weighted by Crippen LogP contribution is 2.23. The highest BCUT2D eigenvalue weighted by atomic mass is 32.1. The molecule has 152 valence electrons. The summed E-state index contributed by atoms with van der Waals surface area (Å²) < 4.78 is 39.2. The van der Waals surface area contributed by atoms with Crippen molar-refractivity contribution in [2.45, 2.75) is 39.5 Å². The van der Waals surface area contributed by atoms with E-state index >= 15 is 0 Å². The summed E-state index contributed by atoms with van der Waals surface area (Å²) in [5.74, 6) is -1.57. The minimum absolute atomic E-state index is 0.0149. The minimum Gasteiger partial charge on any atom is -0.487 e. The minimum atomic E-state index is -0.815. The van der Waals surface area contributed by atoms with E-state index in [9.17, 15) is 13.6 Å². The van der Waals surface area contributed by atoms with Gasteiger partial charge in [-0.2, -0.15) is 0 Å². The van der Waals surface area contributed by atoms with E-state index in [1.807, 2.05) is 19.2 Å². The van der Waals surface area contributed by atoms with E-state index in [0.717, 1.165) is 23.6 Å². The third-order valence-electron chi connectivity index (χ3n) is 4.56. The highest BCUT2D eigenvalue weighted by molar-refractivity contribution is 7.09. The summed E-state index contributed by atoms with van der Waals surface area (Å²) in [6.45, 7) is 5.35. The van der Waals surface area contributed by atoms with Gasteiger partial charge in [-0.25, -0.2) is 18.6 Å². The van der Waals surface area contributed by atoms with Crippen LogP contribution in [-0.4, -0.2) is 41.7 Å². The first-order chi connectivity index (χ1) is 13.5. The second-order valence-corrected chi connectivity index (χ2v) is 7.59. The summed E-state index contributed by atoms with van der Waals surface area (Å²) in [5.41, 5.74) is 0.399. The van der Waals surface area contributed by atoms with Gasteiger partial charge in [-0.3, -0.25) is 0 Å². The highest BCUT2D eigenvalue weighted by Gasteiger charge is 2.27. The Kier molecular flexibility index (Phi) is 6.79. The number of hydrogen-bond donors (Lipinski definition) is 1. The van der Waals surface area contributed by atoms with Crippen molar-refractivity contribution in [3.8, 4) is 5.75 Å². The van der Waals surface area contributed by atoms with Crippen LogP contribution in [0.1, 0.15) is 29.6 Å². The molecule has 1 aromatic carbocycles. The number of rotatable bonds is 6. The van der Waals surface area contributed by atoms with Gasteiger partial charge in [0.2, 0.25) is 0 Å². The lowest BCUT2D eigenvalue weighted by molar-refractivity contribution is 0.0699. The normalized spacial score (nSPS) is 16.9. The van der Waals surface area contributed by atoms with Gasteiger partial charge >= 0.3 is 6.09 Å². The number of amides is 1. The first kappa shape index (κ1) is 20.5. The lowest BCUT2D eigenvalue weighted by Gasteiger charge is -2.34. The van der Waals surface area contributed by atoms with Crippen molar-refractivity contribution in [3.63, 3.8) is 0 Å². The molecule has 1 fully saturated rings. The molecule has 0 radical (unpaired) electrons. The standard InChI is InChI=1S/C19H23F2N3O3S/c1-3-14-8-22-4-5-24(14)19(25)27-10-16-17(20)6-15(7-18(16)21)26-9-13-11-28-12(2)23-13/h6-7,11,14,22H,3-5,8-10H2,1-2H3/t14-/m1/s1. The van der Waals surface area contributed by atoms with Crippen molar-refractivity contribution in [1.82, 2.24) is 15.2 Å². The van der Waals surface area contributed by atoms with E-state index in [0.29, 0.717) is 25.3 Å². The van der Waals surface area contributed by atoms with Gasteiger partial charge in [0.05, 0.1) is 16.3 Å². The average Bonchev–Trinajstić information content (AvgIpc) is 3.10. The molecule has 0 saturated carbocycles. The molecule has 1 aliphatic heterocycles. The van der Waals surface area contributed by atoms with E-state index in [-0.39, 0.29) is 24.0 Å². The molecule has 0 bridgehead atoms. The number of aromatic nitrogens is 1. The molecule has 1 amide bonds. The van der Waals surface area contributed by atoms with Crippen LogP contribution in [0.2, 0.25) is 0 Å². The van der Waals surface area contributed by atoms with Gasteiger partial charge in [0.25, 0.3) is 0 Å². The van der Waals surface area contributed by atoms with E-state index in [1.54, 1.807) is 4.90 Å². The number of aryl methyl sites for hydroxylation is 1. The number of hydrogen-bond acceptors (Lipinski definition) is 6. The van der Waals surface area contributed by atoms with Crippen molar-refractivity contribution in [3.05, 3.63) is 45.4 Å². The Morgan fingerprint density at radius 3 is 2.75 bits per heavy atom. The number of thiazole rings is 1. The predicted octanol–water partition coefficient (Wildman–Crippen LogP) is 3.63. The maximum Gasteiger partial charge on any atom is 0.410 e. The van der Waals surface area contributed by atoms with Crippen LogP contribution < -0.4 is 10.1 Å². The molecule has 2 aromatic rings. The largest absolute Gasteiger partial charge is 0.487 e. The number of carbonyl (C=O) groups excluding carboxylic acids is 1. The smallest absolute Gasteiger partial charge is 0.410 e. The zero-order valence-electron chi connectivity index (χ0n) is 15.8. The van der Waals surface area contributed by atoms with Crippen LogP contribution in [0.25, 0.3) is 0 Å². The Balaban J connectivity index is 1.60. The van der Waals surface area contributed by atoms with Gasteiger partial charge in [0.1, 0.15) is 30.6 Å². The predicted molar refractivity (Wildman–Crippen MR) is 101 cm³/mol. The molecule has 1 aromatic heterocycles. The summed E-state index contributed by atoms with van der Waals surface area (Å²) in [4.78, 5) is 18.1. The molecule has 28 heavy (non-hydrogen) atoms. The van der Waals surface area contributed by atoms with Gasteiger partial charge < -0.3 is 19.7 Å². The third-order valence-corrected chi connectivity index (χ3v) is 5.39. The van der Waals surface area contributed by atoms with Crippen molar-refractivity contribution in [2.24, 2.45) is 0 Å². The Bertz CT molecular complexity index is 808. The lowest BCUT2D eigenvalue weighted by Crippen LogP contribution is -2.53. The van der Waals surface area contributed by atoms with Crippen LogP contribution in [0, 0.1) is 18.6 Å². The van der Waals surface area contributed by atoms with Gasteiger partial charge in [-0.05, 0) is 13.3 Å². The number of ether oxygens (including phenoxy) is 2. The summed E-state index contributed by atoms with van der Waals surface area (Å²) in [6.07, 6.45) is 0.210. The molecule has 3 rings (SSSR count). The van der Waals surface area contributed by atoms with Crippen LogP contribution in [0.4, 0.5) is 13.6 Å². The molecular weight excluding hydrogens is 388 g/mol. The zero-order valence-corrected chi connectivity index (χ0v) is 16.7. The second-order valence-electron chi connectivity index (χ2n) is 6.53. The van der Waals surface area contributed by atoms with Gasteiger partial charge in [0, 0.05) is 43.2 Å². The Labute approximate surface area is 166 Å². The lowest BCUT2D eigenvalue weighted by atomic mass is 10.1. The first-order valence-electron chi connectivity index (χ1n) is 9.13. The molecule has 0 unspecified atom stereocenters. The Hall–Kier alpha value is -2.26. The fourth-order valence-electron chi connectivity index (χ4n) is 3.02. The summed E-state index contributed by atoms with van der Waals surface area (Å²) in [5, 5.41) is 5.93. The molecule has 9 heteroatoms. The number of piperazine rings is 1. The van der Waals surface area contributed by atoms with Crippen molar-refractivity contribution >= 4 is 17.4 Å². The topological polar surface area (TPSA) is 63.7 Å². The molecule has 1 N–H and O–H groups in total. The van der Waals surface area contributed by atoms with Crippen LogP contribution in [-0.2, 0) is 18.0 Å². The van der Waals surface area contributed by atoms with E-state index in [4.69, 9.17) is 9.47 Å². The van der Waals surface area contributed by atoms with Crippen molar-refractivity contribution < 1.29 is 23.0 Å². The van der Waals surface area contributed by atoms with Gasteiger partial charge in [-0.15, -0.1) is 11.3 Å². The number of nitrogens with zero attached hydrogens (tertiary/aromatic N) is 2. The maximum absolute atomic E-state index is 14.3. The molecule has 1 saturated heterocycles. The quantitative estimate of drug-likeness (QED) is 0.787. The van der Waals surface area contributed by atoms with Crippen molar-refractivity contribution in [2.75, 3.05) is 19.6 Å². The number of carbonyl (C=O) groups is 1. The Morgan fingerprint density at radius 2 is 2.11 bits per heavy atom. The SMILES string of the molecule is CC[C@@H]1CNCCN1C(=O)OCc1c(F)cc(OCc2csc(C)n2)cc1F. The maximum atomic E-state index is 14.3. The average molecular weight is 411 g/mol. The molecule has 6 nitrogen and oxygen atoms in total. The molecule has 1 aliphatic rings. The van der Waals surface area contributed by atoms with Crippen molar-refractivity contribution in [1.29, 1.82) is 0 Å². The van der Waals surface area contributed by atoms with Crippen LogP contribution in [0.5, 0.6) is 5.75 Å². The molecule has 1 atom stereocenters. The summed E-state index contributed by atoms with van der Waals surface area (Å²) >= 11 is 1.48. The molecular formula is C19H23F2N3O3S. The molecule has 0 aliphatic carbocycles. The fourth-order valence-corrected chi connectivity index (χ4v) is 3.61.